The molecule has 6 nitrogen and oxygen atoms in total. The molecule has 0 radical (unpaired) electrons. The van der Waals surface area contributed by atoms with Crippen molar-refractivity contribution in [3.8, 4) is 0 Å². The van der Waals surface area contributed by atoms with Crippen molar-refractivity contribution in [1.82, 2.24) is 9.88 Å². The zero-order chi connectivity index (χ0) is 20.2. The highest BCUT2D eigenvalue weighted by Crippen LogP contribution is 2.31. The van der Waals surface area contributed by atoms with Crippen molar-refractivity contribution in [1.29, 1.82) is 0 Å². The number of benzene rings is 1. The van der Waals surface area contributed by atoms with E-state index in [0.717, 1.165) is 12.1 Å². The second-order valence-corrected chi connectivity index (χ2v) is 6.10. The second kappa shape index (κ2) is 8.07. The first-order valence-electron chi connectivity index (χ1n) is 8.08. The standard InChI is InChI=1S/C18H19F3N4O2/c1-11(2)25(10-15(22)26)17(27)14-7-4-8-23-16(14)24-13-6-3-5-12(9-13)18(19,20)21/h3-9,11H,10H2,1-2H3,(H2,22,26)(H,23,24). The zero-order valence-corrected chi connectivity index (χ0v) is 14.7. The lowest BCUT2D eigenvalue weighted by atomic mass is 10.1. The van der Waals surface area contributed by atoms with E-state index in [-0.39, 0.29) is 29.7 Å². The van der Waals surface area contributed by atoms with E-state index in [4.69, 9.17) is 5.73 Å². The fourth-order valence-corrected chi connectivity index (χ4v) is 2.40. The Morgan fingerprint density at radius 3 is 2.52 bits per heavy atom. The summed E-state index contributed by atoms with van der Waals surface area (Å²) in [5.74, 6) is -1.10. The minimum atomic E-state index is -4.49. The molecule has 3 N–H and O–H groups in total. The quantitative estimate of drug-likeness (QED) is 0.806. The third-order valence-corrected chi connectivity index (χ3v) is 3.70. The maximum absolute atomic E-state index is 12.9. The molecule has 0 saturated heterocycles. The van der Waals surface area contributed by atoms with Crippen LogP contribution in [0.3, 0.4) is 0 Å². The Hall–Kier alpha value is -3.10. The molecule has 0 fully saturated rings. The molecular weight excluding hydrogens is 361 g/mol. The molecule has 0 bridgehead atoms. The number of primary amides is 1. The Bertz CT molecular complexity index is 837. The number of hydrogen-bond acceptors (Lipinski definition) is 4. The van der Waals surface area contributed by atoms with Crippen LogP contribution in [0.25, 0.3) is 0 Å². The molecule has 1 heterocycles. The van der Waals surface area contributed by atoms with Crippen LogP contribution >= 0.6 is 0 Å². The Morgan fingerprint density at radius 1 is 1.22 bits per heavy atom. The number of anilines is 2. The van der Waals surface area contributed by atoms with E-state index in [1.165, 1.54) is 35.4 Å². The van der Waals surface area contributed by atoms with Crippen LogP contribution in [0.5, 0.6) is 0 Å². The Kier molecular flexibility index (Phi) is 6.04. The summed E-state index contributed by atoms with van der Waals surface area (Å²) in [7, 11) is 0. The summed E-state index contributed by atoms with van der Waals surface area (Å²) in [5, 5.41) is 2.74. The van der Waals surface area contributed by atoms with Crippen LogP contribution in [0, 0.1) is 0 Å². The number of hydrogen-bond donors (Lipinski definition) is 2. The van der Waals surface area contributed by atoms with Gasteiger partial charge in [0.2, 0.25) is 5.91 Å². The molecule has 1 aromatic carbocycles. The number of carbonyl (C=O) groups excluding carboxylic acids is 2. The summed E-state index contributed by atoms with van der Waals surface area (Å²) in [4.78, 5) is 29.4. The van der Waals surface area contributed by atoms with Crippen LogP contribution < -0.4 is 11.1 Å². The monoisotopic (exact) mass is 380 g/mol. The van der Waals surface area contributed by atoms with E-state index >= 15 is 0 Å². The molecule has 0 spiro atoms. The van der Waals surface area contributed by atoms with Crippen molar-refractivity contribution in [2.45, 2.75) is 26.1 Å². The molecule has 2 rings (SSSR count). The number of halogens is 3. The molecule has 0 atom stereocenters. The van der Waals surface area contributed by atoms with Gasteiger partial charge in [0.25, 0.3) is 5.91 Å². The molecule has 144 valence electrons. The van der Waals surface area contributed by atoms with Crippen molar-refractivity contribution in [2.75, 3.05) is 11.9 Å². The van der Waals surface area contributed by atoms with Gasteiger partial charge in [-0.3, -0.25) is 9.59 Å². The fraction of sp³-hybridized carbons (Fsp3) is 0.278. The van der Waals surface area contributed by atoms with Gasteiger partial charge in [-0.15, -0.1) is 0 Å². The van der Waals surface area contributed by atoms with Crippen molar-refractivity contribution in [3.05, 3.63) is 53.7 Å². The van der Waals surface area contributed by atoms with Gasteiger partial charge < -0.3 is 16.0 Å². The number of nitrogens with two attached hydrogens (primary N) is 1. The van der Waals surface area contributed by atoms with Crippen molar-refractivity contribution < 1.29 is 22.8 Å². The molecule has 2 aromatic rings. The minimum absolute atomic E-state index is 0.0805. The smallest absolute Gasteiger partial charge is 0.368 e. The normalized spacial score (nSPS) is 11.3. The van der Waals surface area contributed by atoms with Gasteiger partial charge in [-0.2, -0.15) is 13.2 Å². The largest absolute Gasteiger partial charge is 0.416 e. The van der Waals surface area contributed by atoms with E-state index in [0.29, 0.717) is 0 Å². The van der Waals surface area contributed by atoms with Gasteiger partial charge in [0.1, 0.15) is 5.82 Å². The van der Waals surface area contributed by atoms with E-state index in [1.54, 1.807) is 13.8 Å². The first-order chi connectivity index (χ1) is 12.6. The summed E-state index contributed by atoms with van der Waals surface area (Å²) >= 11 is 0. The molecule has 0 aliphatic carbocycles. The highest BCUT2D eigenvalue weighted by Gasteiger charge is 2.30. The predicted octanol–water partition coefficient (Wildman–Crippen LogP) is 3.18. The summed E-state index contributed by atoms with van der Waals surface area (Å²) in [6.45, 7) is 3.16. The molecule has 0 aliphatic rings. The average molecular weight is 380 g/mol. The summed E-state index contributed by atoms with van der Waals surface area (Å²) in [6, 6.07) is 7.24. The van der Waals surface area contributed by atoms with E-state index in [1.807, 2.05) is 0 Å². The summed E-state index contributed by atoms with van der Waals surface area (Å²) in [6.07, 6.45) is -3.09. The van der Waals surface area contributed by atoms with Gasteiger partial charge in [-0.05, 0) is 44.2 Å². The minimum Gasteiger partial charge on any atom is -0.368 e. The Labute approximate surface area is 154 Å². The molecular formula is C18H19F3N4O2. The van der Waals surface area contributed by atoms with E-state index in [2.05, 4.69) is 10.3 Å². The number of alkyl halides is 3. The molecule has 27 heavy (non-hydrogen) atoms. The second-order valence-electron chi connectivity index (χ2n) is 6.10. The number of carbonyl (C=O) groups is 2. The lowest BCUT2D eigenvalue weighted by Gasteiger charge is -2.26. The van der Waals surface area contributed by atoms with Crippen LogP contribution in [0.1, 0.15) is 29.8 Å². The third kappa shape index (κ3) is 5.19. The van der Waals surface area contributed by atoms with E-state index in [9.17, 15) is 22.8 Å². The Morgan fingerprint density at radius 2 is 1.93 bits per heavy atom. The van der Waals surface area contributed by atoms with Gasteiger partial charge in [0.15, 0.2) is 0 Å². The molecule has 0 saturated carbocycles. The highest BCUT2D eigenvalue weighted by atomic mass is 19.4. The third-order valence-electron chi connectivity index (χ3n) is 3.70. The molecule has 0 aliphatic heterocycles. The van der Waals surface area contributed by atoms with Gasteiger partial charge in [0, 0.05) is 17.9 Å². The first-order valence-corrected chi connectivity index (χ1v) is 8.08. The van der Waals surface area contributed by atoms with Crippen molar-refractivity contribution in [3.63, 3.8) is 0 Å². The van der Waals surface area contributed by atoms with Crippen LogP contribution in [-0.4, -0.2) is 34.3 Å². The topological polar surface area (TPSA) is 88.3 Å². The Balaban J connectivity index is 2.36. The van der Waals surface area contributed by atoms with Crippen LogP contribution in [0.15, 0.2) is 42.6 Å². The van der Waals surface area contributed by atoms with Gasteiger partial charge in [0.05, 0.1) is 17.7 Å². The van der Waals surface area contributed by atoms with Crippen molar-refractivity contribution in [2.24, 2.45) is 5.73 Å². The van der Waals surface area contributed by atoms with Gasteiger partial charge >= 0.3 is 6.18 Å². The van der Waals surface area contributed by atoms with Crippen LogP contribution in [-0.2, 0) is 11.0 Å². The number of rotatable bonds is 6. The number of pyridine rings is 1. The first kappa shape index (κ1) is 20.2. The molecule has 2 amide bonds. The molecule has 9 heteroatoms. The molecule has 1 aromatic heterocycles. The lowest BCUT2D eigenvalue weighted by Crippen LogP contribution is -2.43. The maximum atomic E-state index is 12.9. The summed E-state index contributed by atoms with van der Waals surface area (Å²) < 4.78 is 38.6. The highest BCUT2D eigenvalue weighted by molar-refractivity contribution is 6.01. The average Bonchev–Trinajstić information content (AvgIpc) is 2.59. The zero-order valence-electron chi connectivity index (χ0n) is 14.7. The maximum Gasteiger partial charge on any atom is 0.416 e. The number of aromatic nitrogens is 1. The van der Waals surface area contributed by atoms with Gasteiger partial charge in [-0.25, -0.2) is 4.98 Å². The van der Waals surface area contributed by atoms with Crippen LogP contribution in [0.2, 0.25) is 0 Å². The number of nitrogens with one attached hydrogen (secondary N) is 1. The lowest BCUT2D eigenvalue weighted by molar-refractivity contribution is -0.137. The fourth-order valence-electron chi connectivity index (χ4n) is 2.40. The summed E-state index contributed by atoms with van der Waals surface area (Å²) in [5.41, 5.74) is 4.61. The SMILES string of the molecule is CC(C)N(CC(N)=O)C(=O)c1cccnc1Nc1cccc(C(F)(F)F)c1. The van der Waals surface area contributed by atoms with Crippen molar-refractivity contribution >= 4 is 23.3 Å². The van der Waals surface area contributed by atoms with E-state index < -0.39 is 23.6 Å². The van der Waals surface area contributed by atoms with Crippen LogP contribution in [0.4, 0.5) is 24.7 Å². The van der Waals surface area contributed by atoms with Gasteiger partial charge in [-0.1, -0.05) is 6.07 Å². The molecule has 0 unspecified atom stereocenters. The predicted molar refractivity (Wildman–Crippen MR) is 94.3 cm³/mol. The number of nitrogens with zero attached hydrogens (tertiary/aromatic N) is 2. The number of amides is 2.